The summed E-state index contributed by atoms with van der Waals surface area (Å²) >= 11 is 1.06. The van der Waals surface area contributed by atoms with Crippen LogP contribution in [-0.4, -0.2) is 13.5 Å². The second-order valence-corrected chi connectivity index (χ2v) is 5.22. The van der Waals surface area contributed by atoms with Gasteiger partial charge >= 0.3 is 0 Å². The number of aliphatic hydroxyl groups is 1. The first-order chi connectivity index (χ1) is 6.00. The van der Waals surface area contributed by atoms with E-state index in [0.717, 1.165) is 16.9 Å². The van der Waals surface area contributed by atoms with Gasteiger partial charge in [0.05, 0.1) is 6.61 Å². The Hall–Kier alpha value is -0.430. The zero-order valence-electron chi connectivity index (χ0n) is 7.15. The zero-order chi connectivity index (χ0) is 10.1. The molecule has 74 valence electrons. The summed E-state index contributed by atoms with van der Waals surface area (Å²) in [7, 11) is -3.68. The van der Waals surface area contributed by atoms with Crippen LogP contribution in [0.2, 0.25) is 0 Å². The number of thiophene rings is 1. The predicted octanol–water partition coefficient (Wildman–Crippen LogP) is 0.450. The van der Waals surface area contributed by atoms with Gasteiger partial charge in [-0.1, -0.05) is 6.92 Å². The lowest BCUT2D eigenvalue weighted by atomic mass is 10.2. The van der Waals surface area contributed by atoms with Crippen molar-refractivity contribution in [2.75, 3.05) is 0 Å². The van der Waals surface area contributed by atoms with Gasteiger partial charge in [0.15, 0.2) is 0 Å². The van der Waals surface area contributed by atoms with Crippen LogP contribution in [0.1, 0.15) is 18.1 Å². The highest BCUT2D eigenvalue weighted by Gasteiger charge is 2.18. The van der Waals surface area contributed by atoms with E-state index in [2.05, 4.69) is 0 Å². The standard InChI is InChI=1S/C7H11NO3S2/c1-2-5-4-12-7(6(5)3-9)13(8,10)11/h4,9H,2-3H2,1H3,(H2,8,10,11). The van der Waals surface area contributed by atoms with Crippen molar-refractivity contribution in [1.82, 2.24) is 0 Å². The topological polar surface area (TPSA) is 80.4 Å². The van der Waals surface area contributed by atoms with E-state index >= 15 is 0 Å². The van der Waals surface area contributed by atoms with Crippen molar-refractivity contribution in [2.24, 2.45) is 5.14 Å². The van der Waals surface area contributed by atoms with Gasteiger partial charge in [0.25, 0.3) is 0 Å². The molecule has 3 N–H and O–H groups in total. The van der Waals surface area contributed by atoms with Crippen molar-refractivity contribution in [3.63, 3.8) is 0 Å². The molecule has 1 aromatic heterocycles. The molecule has 0 saturated carbocycles. The molecule has 0 aromatic carbocycles. The van der Waals surface area contributed by atoms with Crippen LogP contribution in [0.3, 0.4) is 0 Å². The van der Waals surface area contributed by atoms with Gasteiger partial charge in [0.2, 0.25) is 10.0 Å². The summed E-state index contributed by atoms with van der Waals surface area (Å²) in [6.45, 7) is 1.62. The van der Waals surface area contributed by atoms with Crippen LogP contribution in [0.15, 0.2) is 9.59 Å². The number of aryl methyl sites for hydroxylation is 1. The second kappa shape index (κ2) is 3.75. The SMILES string of the molecule is CCc1csc(S(N)(=O)=O)c1CO. The van der Waals surface area contributed by atoms with Crippen molar-refractivity contribution in [1.29, 1.82) is 0 Å². The average molecular weight is 221 g/mol. The number of nitrogens with two attached hydrogens (primary N) is 1. The molecule has 0 saturated heterocycles. The second-order valence-electron chi connectivity index (χ2n) is 2.58. The van der Waals surface area contributed by atoms with Crippen LogP contribution in [0.4, 0.5) is 0 Å². The quantitative estimate of drug-likeness (QED) is 0.777. The fourth-order valence-corrected chi connectivity index (χ4v) is 3.22. The average Bonchev–Trinajstić information content (AvgIpc) is 2.45. The smallest absolute Gasteiger partial charge is 0.247 e. The number of aliphatic hydroxyl groups excluding tert-OH is 1. The van der Waals surface area contributed by atoms with Crippen molar-refractivity contribution < 1.29 is 13.5 Å². The third-order valence-corrected chi connectivity index (χ3v) is 4.35. The predicted molar refractivity (Wildman–Crippen MR) is 51.0 cm³/mol. The van der Waals surface area contributed by atoms with Gasteiger partial charge in [-0.25, -0.2) is 13.6 Å². The molecule has 4 nitrogen and oxygen atoms in total. The van der Waals surface area contributed by atoms with Crippen LogP contribution < -0.4 is 5.14 Å². The van der Waals surface area contributed by atoms with E-state index in [0.29, 0.717) is 12.0 Å². The number of sulfonamides is 1. The Morgan fingerprint density at radius 2 is 2.23 bits per heavy atom. The molecule has 0 aliphatic carbocycles. The molecule has 13 heavy (non-hydrogen) atoms. The van der Waals surface area contributed by atoms with Gasteiger partial charge in [0, 0.05) is 5.56 Å². The molecule has 0 radical (unpaired) electrons. The lowest BCUT2D eigenvalue weighted by molar-refractivity contribution is 0.278. The monoisotopic (exact) mass is 221 g/mol. The van der Waals surface area contributed by atoms with Crippen molar-refractivity contribution in [2.45, 2.75) is 24.2 Å². The largest absolute Gasteiger partial charge is 0.392 e. The van der Waals surface area contributed by atoms with Gasteiger partial charge in [-0.15, -0.1) is 11.3 Å². The maximum Gasteiger partial charge on any atom is 0.247 e. The Morgan fingerprint density at radius 3 is 2.62 bits per heavy atom. The first kappa shape index (κ1) is 10.6. The van der Waals surface area contributed by atoms with Crippen LogP contribution in [0.25, 0.3) is 0 Å². The molecule has 0 bridgehead atoms. The fraction of sp³-hybridized carbons (Fsp3) is 0.429. The summed E-state index contributed by atoms with van der Waals surface area (Å²) in [5.74, 6) is 0. The lowest BCUT2D eigenvalue weighted by Crippen LogP contribution is -2.12. The van der Waals surface area contributed by atoms with Crippen molar-refractivity contribution >= 4 is 21.4 Å². The minimum absolute atomic E-state index is 0.0758. The first-order valence-electron chi connectivity index (χ1n) is 3.73. The molecular formula is C7H11NO3S2. The maximum atomic E-state index is 11.0. The van der Waals surface area contributed by atoms with Gasteiger partial charge in [-0.3, -0.25) is 0 Å². The number of primary sulfonamides is 1. The Kier molecular flexibility index (Phi) is 3.07. The molecule has 0 unspecified atom stereocenters. The summed E-state index contributed by atoms with van der Waals surface area (Å²) in [6.07, 6.45) is 0.696. The van der Waals surface area contributed by atoms with E-state index in [-0.39, 0.29) is 10.8 Å². The van der Waals surface area contributed by atoms with Crippen LogP contribution in [-0.2, 0) is 23.1 Å². The summed E-state index contributed by atoms with van der Waals surface area (Å²) < 4.78 is 22.1. The Balaban J connectivity index is 3.32. The molecule has 0 spiro atoms. The summed E-state index contributed by atoms with van der Waals surface area (Å²) in [6, 6.07) is 0. The molecule has 1 aromatic rings. The van der Waals surface area contributed by atoms with E-state index in [1.54, 1.807) is 5.38 Å². The Labute approximate surface area is 81.1 Å². The summed E-state index contributed by atoms with van der Waals surface area (Å²) in [5, 5.41) is 15.7. The third-order valence-electron chi connectivity index (χ3n) is 1.74. The number of hydrogen-bond acceptors (Lipinski definition) is 4. The first-order valence-corrected chi connectivity index (χ1v) is 6.16. The number of rotatable bonds is 3. The lowest BCUT2D eigenvalue weighted by Gasteiger charge is -1.99. The molecule has 0 fully saturated rings. The summed E-state index contributed by atoms with van der Waals surface area (Å²) in [5.41, 5.74) is 1.28. The molecule has 0 aliphatic heterocycles. The highest BCUT2D eigenvalue weighted by Crippen LogP contribution is 2.26. The highest BCUT2D eigenvalue weighted by atomic mass is 32.2. The normalized spacial score (nSPS) is 11.9. The van der Waals surface area contributed by atoms with E-state index in [4.69, 9.17) is 10.2 Å². The van der Waals surface area contributed by atoms with Gasteiger partial charge in [0.1, 0.15) is 4.21 Å². The van der Waals surface area contributed by atoms with E-state index in [1.807, 2.05) is 6.92 Å². The van der Waals surface area contributed by atoms with Crippen molar-refractivity contribution in [3.8, 4) is 0 Å². The third kappa shape index (κ3) is 2.08. The molecule has 6 heteroatoms. The van der Waals surface area contributed by atoms with Crippen molar-refractivity contribution in [3.05, 3.63) is 16.5 Å². The molecular weight excluding hydrogens is 210 g/mol. The Morgan fingerprint density at radius 1 is 1.62 bits per heavy atom. The summed E-state index contributed by atoms with van der Waals surface area (Å²) in [4.78, 5) is 0. The fourth-order valence-electron chi connectivity index (χ4n) is 1.10. The van der Waals surface area contributed by atoms with Crippen LogP contribution in [0.5, 0.6) is 0 Å². The van der Waals surface area contributed by atoms with Gasteiger partial charge < -0.3 is 5.11 Å². The van der Waals surface area contributed by atoms with E-state index in [9.17, 15) is 8.42 Å². The molecule has 0 aliphatic rings. The maximum absolute atomic E-state index is 11.0. The highest BCUT2D eigenvalue weighted by molar-refractivity contribution is 7.91. The van der Waals surface area contributed by atoms with Gasteiger partial charge in [-0.2, -0.15) is 0 Å². The van der Waals surface area contributed by atoms with Crippen LogP contribution >= 0.6 is 11.3 Å². The van der Waals surface area contributed by atoms with Crippen LogP contribution in [0, 0.1) is 0 Å². The number of hydrogen-bond donors (Lipinski definition) is 2. The molecule has 1 heterocycles. The van der Waals surface area contributed by atoms with Gasteiger partial charge in [-0.05, 0) is 17.4 Å². The minimum atomic E-state index is -3.68. The Bertz CT molecular complexity index is 394. The van der Waals surface area contributed by atoms with E-state index < -0.39 is 10.0 Å². The minimum Gasteiger partial charge on any atom is -0.392 e. The molecule has 0 atom stereocenters. The zero-order valence-corrected chi connectivity index (χ0v) is 8.78. The molecule has 0 amide bonds. The molecule has 1 rings (SSSR count). The van der Waals surface area contributed by atoms with E-state index in [1.165, 1.54) is 0 Å².